The third-order valence-corrected chi connectivity index (χ3v) is 4.71. The fraction of sp³-hybridized carbons (Fsp3) is 0.800. The van der Waals surface area contributed by atoms with Crippen molar-refractivity contribution in [1.82, 2.24) is 15.5 Å². The van der Waals surface area contributed by atoms with Crippen LogP contribution < -0.4 is 5.32 Å². The molecule has 0 spiro atoms. The Morgan fingerprint density at radius 1 is 1.47 bits per heavy atom. The van der Waals surface area contributed by atoms with E-state index in [0.717, 1.165) is 18.1 Å². The van der Waals surface area contributed by atoms with Crippen LogP contribution in [-0.4, -0.2) is 28.2 Å². The first kappa shape index (κ1) is 11.4. The summed E-state index contributed by atoms with van der Waals surface area (Å²) in [5.41, 5.74) is 0. The molecule has 1 aromatic rings. The van der Waals surface area contributed by atoms with Crippen molar-refractivity contribution in [3.63, 3.8) is 0 Å². The number of hydrogen-bond acceptors (Lipinski definition) is 5. The van der Waals surface area contributed by atoms with Crippen LogP contribution in [0.3, 0.4) is 0 Å². The van der Waals surface area contributed by atoms with E-state index >= 15 is 0 Å². The predicted molar refractivity (Wildman–Crippen MR) is 66.6 cm³/mol. The molecule has 0 radical (unpaired) electrons. The van der Waals surface area contributed by atoms with Gasteiger partial charge in [0.05, 0.1) is 0 Å². The molecule has 0 amide bonds. The van der Waals surface area contributed by atoms with Crippen LogP contribution in [0.2, 0.25) is 0 Å². The van der Waals surface area contributed by atoms with E-state index in [0.29, 0.717) is 5.92 Å². The lowest BCUT2D eigenvalue weighted by atomic mass is 10.1. The molecule has 1 unspecified atom stereocenters. The van der Waals surface area contributed by atoms with Gasteiger partial charge in [-0.25, -0.2) is 0 Å². The third-order valence-electron chi connectivity index (χ3n) is 2.46. The highest BCUT2D eigenvalue weighted by molar-refractivity contribution is 7.99. The molecular weight excluding hydrogens is 226 g/mol. The normalized spacial score (nSPS) is 21.0. The second-order valence-corrected chi connectivity index (χ2v) is 6.01. The molecular formula is C10H17N3S2. The van der Waals surface area contributed by atoms with Crippen molar-refractivity contribution in [3.8, 4) is 0 Å². The Morgan fingerprint density at radius 2 is 2.40 bits per heavy atom. The van der Waals surface area contributed by atoms with Crippen LogP contribution in [0.4, 0.5) is 0 Å². The zero-order valence-corrected chi connectivity index (χ0v) is 10.7. The van der Waals surface area contributed by atoms with E-state index in [1.54, 1.807) is 11.3 Å². The standard InChI is InChI=1S/C10H17N3S2/c1-2-4-11-6-9-12-13-10(15-9)8-3-5-14-7-8/h8,11H,2-7H2,1H3. The van der Waals surface area contributed by atoms with Crippen molar-refractivity contribution in [3.05, 3.63) is 10.0 Å². The lowest BCUT2D eigenvalue weighted by Crippen LogP contribution is -2.13. The van der Waals surface area contributed by atoms with E-state index < -0.39 is 0 Å². The number of hydrogen-bond donors (Lipinski definition) is 1. The maximum Gasteiger partial charge on any atom is 0.131 e. The summed E-state index contributed by atoms with van der Waals surface area (Å²) in [6.45, 7) is 4.12. The van der Waals surface area contributed by atoms with Crippen LogP contribution in [0, 0.1) is 0 Å². The minimum atomic E-state index is 0.674. The van der Waals surface area contributed by atoms with Gasteiger partial charge in [0.1, 0.15) is 10.0 Å². The third kappa shape index (κ3) is 3.16. The molecule has 0 aliphatic carbocycles. The van der Waals surface area contributed by atoms with Gasteiger partial charge in [0.15, 0.2) is 0 Å². The van der Waals surface area contributed by atoms with Gasteiger partial charge in [-0.15, -0.1) is 10.2 Å². The van der Waals surface area contributed by atoms with Crippen molar-refractivity contribution in [1.29, 1.82) is 0 Å². The molecule has 84 valence electrons. The Kier molecular flexibility index (Phi) is 4.41. The largest absolute Gasteiger partial charge is 0.310 e. The van der Waals surface area contributed by atoms with Crippen LogP contribution >= 0.6 is 23.1 Å². The summed E-state index contributed by atoms with van der Waals surface area (Å²) in [4.78, 5) is 0. The molecule has 1 atom stereocenters. The average Bonchev–Trinajstić information content (AvgIpc) is 2.87. The lowest BCUT2D eigenvalue weighted by Gasteiger charge is -2.00. The number of aromatic nitrogens is 2. The van der Waals surface area contributed by atoms with Crippen LogP contribution in [0.25, 0.3) is 0 Å². The van der Waals surface area contributed by atoms with Gasteiger partial charge in [-0.1, -0.05) is 18.3 Å². The molecule has 0 saturated carbocycles. The predicted octanol–water partition coefficient (Wildman–Crippen LogP) is 2.26. The highest BCUT2D eigenvalue weighted by Crippen LogP contribution is 2.33. The van der Waals surface area contributed by atoms with Gasteiger partial charge in [-0.05, 0) is 25.1 Å². The number of nitrogens with one attached hydrogen (secondary N) is 1. The Labute approximate surface area is 99.1 Å². The summed E-state index contributed by atoms with van der Waals surface area (Å²) >= 11 is 3.81. The zero-order valence-electron chi connectivity index (χ0n) is 9.03. The van der Waals surface area contributed by atoms with Crippen LogP contribution in [0.1, 0.15) is 35.7 Å². The van der Waals surface area contributed by atoms with Crippen LogP contribution in [0.15, 0.2) is 0 Å². The summed E-state index contributed by atoms with van der Waals surface area (Å²) in [6.07, 6.45) is 2.45. The van der Waals surface area contributed by atoms with E-state index in [4.69, 9.17) is 0 Å². The molecule has 1 saturated heterocycles. The molecule has 2 rings (SSSR count). The first-order valence-electron chi connectivity index (χ1n) is 5.51. The van der Waals surface area contributed by atoms with Gasteiger partial charge in [-0.3, -0.25) is 0 Å². The average molecular weight is 243 g/mol. The highest BCUT2D eigenvalue weighted by atomic mass is 32.2. The summed E-state index contributed by atoms with van der Waals surface area (Å²) in [7, 11) is 0. The first-order chi connectivity index (χ1) is 7.40. The number of nitrogens with zero attached hydrogens (tertiary/aromatic N) is 2. The zero-order chi connectivity index (χ0) is 10.5. The van der Waals surface area contributed by atoms with E-state index in [1.165, 1.54) is 29.4 Å². The topological polar surface area (TPSA) is 37.8 Å². The van der Waals surface area contributed by atoms with Crippen molar-refractivity contribution in [2.75, 3.05) is 18.1 Å². The highest BCUT2D eigenvalue weighted by Gasteiger charge is 2.21. The molecule has 1 aliphatic heterocycles. The van der Waals surface area contributed by atoms with E-state index in [-0.39, 0.29) is 0 Å². The van der Waals surface area contributed by atoms with Gasteiger partial charge in [0, 0.05) is 18.2 Å². The van der Waals surface area contributed by atoms with Crippen molar-refractivity contribution < 1.29 is 0 Å². The summed E-state index contributed by atoms with van der Waals surface area (Å²) in [5, 5.41) is 14.3. The second kappa shape index (κ2) is 5.82. The monoisotopic (exact) mass is 243 g/mol. The summed E-state index contributed by atoms with van der Waals surface area (Å²) in [5.74, 6) is 3.19. The maximum absolute atomic E-state index is 4.29. The fourth-order valence-electron chi connectivity index (χ4n) is 1.60. The minimum absolute atomic E-state index is 0.674. The smallest absolute Gasteiger partial charge is 0.131 e. The molecule has 1 aromatic heterocycles. The molecule has 15 heavy (non-hydrogen) atoms. The second-order valence-electron chi connectivity index (χ2n) is 3.77. The van der Waals surface area contributed by atoms with Crippen molar-refractivity contribution >= 4 is 23.1 Å². The molecule has 2 heterocycles. The number of thioether (sulfide) groups is 1. The van der Waals surface area contributed by atoms with Gasteiger partial charge >= 0.3 is 0 Å². The van der Waals surface area contributed by atoms with Crippen molar-refractivity contribution in [2.24, 2.45) is 0 Å². The molecule has 5 heteroatoms. The molecule has 1 N–H and O–H groups in total. The van der Waals surface area contributed by atoms with Crippen molar-refractivity contribution in [2.45, 2.75) is 32.2 Å². The SMILES string of the molecule is CCCNCc1nnc(C2CCSC2)s1. The molecule has 3 nitrogen and oxygen atoms in total. The molecule has 1 aliphatic rings. The molecule has 1 fully saturated rings. The first-order valence-corrected chi connectivity index (χ1v) is 7.48. The van der Waals surface area contributed by atoms with Gasteiger partial charge < -0.3 is 5.32 Å². The quantitative estimate of drug-likeness (QED) is 0.805. The Bertz CT molecular complexity index is 295. The van der Waals surface area contributed by atoms with Gasteiger partial charge in [0.25, 0.3) is 0 Å². The summed E-state index contributed by atoms with van der Waals surface area (Å²) in [6, 6.07) is 0. The number of rotatable bonds is 5. The Hall–Kier alpha value is -0.130. The van der Waals surface area contributed by atoms with Gasteiger partial charge in [0.2, 0.25) is 0 Å². The minimum Gasteiger partial charge on any atom is -0.310 e. The Balaban J connectivity index is 1.86. The Morgan fingerprint density at radius 3 is 3.13 bits per heavy atom. The van der Waals surface area contributed by atoms with Gasteiger partial charge in [-0.2, -0.15) is 11.8 Å². The maximum atomic E-state index is 4.29. The molecule has 0 bridgehead atoms. The van der Waals surface area contributed by atoms with E-state index in [9.17, 15) is 0 Å². The molecule has 0 aromatic carbocycles. The van der Waals surface area contributed by atoms with E-state index in [2.05, 4.69) is 22.4 Å². The summed E-state index contributed by atoms with van der Waals surface area (Å²) < 4.78 is 0. The lowest BCUT2D eigenvalue weighted by molar-refractivity contribution is 0.666. The van der Waals surface area contributed by atoms with E-state index in [1.807, 2.05) is 11.8 Å². The van der Waals surface area contributed by atoms with Crippen LogP contribution in [-0.2, 0) is 6.54 Å². The fourth-order valence-corrected chi connectivity index (χ4v) is 3.88. The van der Waals surface area contributed by atoms with Crippen LogP contribution in [0.5, 0.6) is 0 Å².